The summed E-state index contributed by atoms with van der Waals surface area (Å²) in [5.74, 6) is 0.714. The topological polar surface area (TPSA) is 59.0 Å². The lowest BCUT2D eigenvalue weighted by molar-refractivity contribution is -0.138. The molecule has 1 atom stereocenters. The fourth-order valence-electron chi connectivity index (χ4n) is 3.46. The normalized spacial score (nSPS) is 17.1. The van der Waals surface area contributed by atoms with Gasteiger partial charge < -0.3 is 14.6 Å². The predicted octanol–water partition coefficient (Wildman–Crippen LogP) is 5.21. The molecule has 162 valence electrons. The lowest BCUT2D eigenvalue weighted by Gasteiger charge is -2.24. The van der Waals surface area contributed by atoms with Gasteiger partial charge in [0.25, 0.3) is 0 Å². The molecule has 0 radical (unpaired) electrons. The van der Waals surface area contributed by atoms with Crippen LogP contribution in [0.2, 0.25) is 0 Å². The molecule has 2 aromatic carbocycles. The Kier molecular flexibility index (Phi) is 7.20. The van der Waals surface area contributed by atoms with E-state index in [-0.39, 0.29) is 12.5 Å². The second-order valence-corrected chi connectivity index (χ2v) is 7.24. The summed E-state index contributed by atoms with van der Waals surface area (Å²) in [5, 5.41) is 8.77. The van der Waals surface area contributed by atoms with Crippen LogP contribution in [-0.2, 0) is 11.0 Å². The maximum atomic E-state index is 12.6. The van der Waals surface area contributed by atoms with Crippen LogP contribution in [0.15, 0.2) is 48.5 Å². The van der Waals surface area contributed by atoms with E-state index in [0.29, 0.717) is 30.3 Å². The first-order valence-corrected chi connectivity index (χ1v) is 9.85. The number of ether oxygens (including phenoxy) is 2. The maximum absolute atomic E-state index is 12.6. The van der Waals surface area contributed by atoms with Gasteiger partial charge in [0.2, 0.25) is 0 Å². The molecule has 1 N–H and O–H groups in total. The molecule has 0 aromatic heterocycles. The molecular formula is C22H24F3NO4. The molecule has 0 unspecified atom stereocenters. The van der Waals surface area contributed by atoms with Crippen LogP contribution in [0.1, 0.15) is 31.2 Å². The quantitative estimate of drug-likeness (QED) is 0.600. The smallest absolute Gasteiger partial charge is 0.416 e. The average molecular weight is 423 g/mol. The molecule has 1 aliphatic heterocycles. The van der Waals surface area contributed by atoms with Gasteiger partial charge in [-0.3, -0.25) is 9.69 Å². The zero-order valence-corrected chi connectivity index (χ0v) is 16.4. The lowest BCUT2D eigenvalue weighted by atomic mass is 10.2. The summed E-state index contributed by atoms with van der Waals surface area (Å²) in [7, 11) is 0. The molecule has 1 aliphatic rings. The Bertz CT molecular complexity index is 822. The predicted molar refractivity (Wildman–Crippen MR) is 105 cm³/mol. The third-order valence-electron chi connectivity index (χ3n) is 5.02. The molecule has 0 aliphatic carbocycles. The Morgan fingerprint density at radius 1 is 1.03 bits per heavy atom. The zero-order valence-electron chi connectivity index (χ0n) is 16.4. The van der Waals surface area contributed by atoms with E-state index < -0.39 is 17.7 Å². The number of benzene rings is 2. The van der Waals surface area contributed by atoms with Crippen LogP contribution < -0.4 is 9.47 Å². The molecule has 0 spiro atoms. The van der Waals surface area contributed by atoms with E-state index in [9.17, 15) is 18.0 Å². The van der Waals surface area contributed by atoms with Crippen molar-refractivity contribution in [1.82, 2.24) is 4.90 Å². The highest BCUT2D eigenvalue weighted by atomic mass is 19.4. The lowest BCUT2D eigenvalue weighted by Crippen LogP contribution is -2.35. The third kappa shape index (κ3) is 6.38. The summed E-state index contributed by atoms with van der Waals surface area (Å²) in [5.41, 5.74) is -0.720. The molecule has 0 saturated carbocycles. The van der Waals surface area contributed by atoms with Crippen LogP contribution in [0.25, 0.3) is 0 Å². The number of carboxylic acid groups (broad SMARTS) is 1. The van der Waals surface area contributed by atoms with Crippen molar-refractivity contribution in [3.05, 3.63) is 54.1 Å². The monoisotopic (exact) mass is 423 g/mol. The highest BCUT2D eigenvalue weighted by Crippen LogP contribution is 2.31. The SMILES string of the molecule is O=C(O)CCCN1CCC[C@@H]1COc1ccc(Oc2ccc(C(F)(F)F)cc2)cc1. The minimum Gasteiger partial charge on any atom is -0.492 e. The van der Waals surface area contributed by atoms with E-state index in [4.69, 9.17) is 14.6 Å². The first-order valence-electron chi connectivity index (χ1n) is 9.85. The van der Waals surface area contributed by atoms with Crippen molar-refractivity contribution in [1.29, 1.82) is 0 Å². The Hall–Kier alpha value is -2.74. The van der Waals surface area contributed by atoms with Crippen molar-refractivity contribution in [2.45, 2.75) is 37.9 Å². The fraction of sp³-hybridized carbons (Fsp3) is 0.409. The first kappa shape index (κ1) is 22.0. The van der Waals surface area contributed by atoms with E-state index in [2.05, 4.69) is 4.90 Å². The highest BCUT2D eigenvalue weighted by Gasteiger charge is 2.30. The summed E-state index contributed by atoms with van der Waals surface area (Å²) in [6.45, 7) is 2.22. The van der Waals surface area contributed by atoms with Crippen LogP contribution in [0.3, 0.4) is 0 Å². The number of likely N-dealkylation sites (tertiary alicyclic amines) is 1. The molecular weight excluding hydrogens is 399 g/mol. The Labute approximate surface area is 173 Å². The van der Waals surface area contributed by atoms with E-state index in [1.54, 1.807) is 24.3 Å². The summed E-state index contributed by atoms with van der Waals surface area (Å²) >= 11 is 0. The minimum atomic E-state index is -4.37. The number of rotatable bonds is 9. The fourth-order valence-corrected chi connectivity index (χ4v) is 3.46. The molecule has 5 nitrogen and oxygen atoms in total. The van der Waals surface area contributed by atoms with Gasteiger partial charge in [-0.25, -0.2) is 0 Å². The van der Waals surface area contributed by atoms with Gasteiger partial charge in [-0.15, -0.1) is 0 Å². The second-order valence-electron chi connectivity index (χ2n) is 7.24. The van der Waals surface area contributed by atoms with Crippen LogP contribution in [-0.4, -0.2) is 41.7 Å². The van der Waals surface area contributed by atoms with Crippen molar-refractivity contribution < 1.29 is 32.5 Å². The number of hydrogen-bond acceptors (Lipinski definition) is 4. The van der Waals surface area contributed by atoms with Crippen molar-refractivity contribution in [2.75, 3.05) is 19.7 Å². The summed E-state index contributed by atoms with van der Waals surface area (Å²) < 4.78 is 49.3. The maximum Gasteiger partial charge on any atom is 0.416 e. The summed E-state index contributed by atoms with van der Waals surface area (Å²) in [6, 6.07) is 11.7. The number of aliphatic carboxylic acids is 1. The molecule has 0 amide bonds. The van der Waals surface area contributed by atoms with Crippen LogP contribution in [0.5, 0.6) is 17.2 Å². The zero-order chi connectivity index (χ0) is 21.6. The summed E-state index contributed by atoms with van der Waals surface area (Å²) in [4.78, 5) is 12.9. The molecule has 1 fully saturated rings. The molecule has 8 heteroatoms. The van der Waals surface area contributed by atoms with Gasteiger partial charge in [0.05, 0.1) is 5.56 Å². The third-order valence-corrected chi connectivity index (χ3v) is 5.02. The van der Waals surface area contributed by atoms with Crippen LogP contribution in [0.4, 0.5) is 13.2 Å². The van der Waals surface area contributed by atoms with Gasteiger partial charge in [0.1, 0.15) is 23.9 Å². The average Bonchev–Trinajstić information content (AvgIpc) is 3.14. The molecule has 2 aromatic rings. The first-order chi connectivity index (χ1) is 14.3. The van der Waals surface area contributed by atoms with Crippen LogP contribution >= 0.6 is 0 Å². The van der Waals surface area contributed by atoms with Crippen molar-refractivity contribution in [3.63, 3.8) is 0 Å². The van der Waals surface area contributed by atoms with Gasteiger partial charge in [-0.2, -0.15) is 13.2 Å². The molecule has 30 heavy (non-hydrogen) atoms. The molecule has 1 heterocycles. The standard InChI is InChI=1S/C22H24F3NO4/c23-22(24,25)16-5-7-19(8-6-16)30-20-11-9-18(10-12-20)29-15-17-3-1-13-26(17)14-2-4-21(27)28/h5-12,17H,1-4,13-15H2,(H,27,28)/t17-/m1/s1. The number of carboxylic acids is 1. The second kappa shape index (κ2) is 9.84. The Morgan fingerprint density at radius 2 is 1.63 bits per heavy atom. The number of nitrogens with zero attached hydrogens (tertiary/aromatic N) is 1. The van der Waals surface area contributed by atoms with Crippen LogP contribution in [0, 0.1) is 0 Å². The van der Waals surface area contributed by atoms with Gasteiger partial charge in [-0.05, 0) is 80.9 Å². The van der Waals surface area contributed by atoms with E-state index in [0.717, 1.165) is 38.1 Å². The van der Waals surface area contributed by atoms with Gasteiger partial charge >= 0.3 is 12.1 Å². The molecule has 1 saturated heterocycles. The number of hydrogen-bond donors (Lipinski definition) is 1. The van der Waals surface area contributed by atoms with Crippen molar-refractivity contribution in [2.24, 2.45) is 0 Å². The number of halogens is 3. The van der Waals surface area contributed by atoms with E-state index in [1.165, 1.54) is 12.1 Å². The van der Waals surface area contributed by atoms with E-state index in [1.807, 2.05) is 0 Å². The molecule has 3 rings (SSSR count). The Morgan fingerprint density at radius 3 is 2.23 bits per heavy atom. The molecule has 0 bridgehead atoms. The largest absolute Gasteiger partial charge is 0.492 e. The minimum absolute atomic E-state index is 0.171. The number of alkyl halides is 3. The van der Waals surface area contributed by atoms with E-state index >= 15 is 0 Å². The van der Waals surface area contributed by atoms with Gasteiger partial charge in [0.15, 0.2) is 0 Å². The van der Waals surface area contributed by atoms with Crippen molar-refractivity contribution in [3.8, 4) is 17.2 Å². The highest BCUT2D eigenvalue weighted by molar-refractivity contribution is 5.66. The van der Waals surface area contributed by atoms with Gasteiger partial charge in [0, 0.05) is 12.5 Å². The van der Waals surface area contributed by atoms with Crippen molar-refractivity contribution >= 4 is 5.97 Å². The number of carbonyl (C=O) groups is 1. The summed E-state index contributed by atoms with van der Waals surface area (Å²) in [6.07, 6.45) is -1.49. The Balaban J connectivity index is 1.48. The van der Waals surface area contributed by atoms with Gasteiger partial charge in [-0.1, -0.05) is 0 Å².